The Morgan fingerprint density at radius 2 is 1.91 bits per heavy atom. The van der Waals surface area contributed by atoms with E-state index in [9.17, 15) is 4.79 Å². The summed E-state index contributed by atoms with van der Waals surface area (Å²) < 4.78 is 0. The first kappa shape index (κ1) is 16.0. The van der Waals surface area contributed by atoms with Crippen LogP contribution >= 0.6 is 0 Å². The highest BCUT2D eigenvalue weighted by atomic mass is 16.3. The van der Waals surface area contributed by atoms with Crippen molar-refractivity contribution in [2.24, 2.45) is 0 Å². The van der Waals surface area contributed by atoms with Gasteiger partial charge in [-0.15, -0.1) is 0 Å². The lowest BCUT2D eigenvalue weighted by molar-refractivity contribution is 0.0945. The Balaban J connectivity index is 1.94. The highest BCUT2D eigenvalue weighted by Crippen LogP contribution is 2.17. The minimum absolute atomic E-state index is 0.0573. The van der Waals surface area contributed by atoms with Crippen LogP contribution in [0.2, 0.25) is 0 Å². The molecule has 0 bridgehead atoms. The van der Waals surface area contributed by atoms with Crippen LogP contribution in [0.1, 0.15) is 28.8 Å². The Kier molecular flexibility index (Phi) is 5.98. The number of amides is 1. The molecule has 0 aliphatic heterocycles. The van der Waals surface area contributed by atoms with Crippen molar-refractivity contribution < 1.29 is 9.90 Å². The number of hydrogen-bond donors (Lipinski definition) is 3. The number of anilines is 1. The lowest BCUT2D eigenvalue weighted by atomic mass is 10.0. The van der Waals surface area contributed by atoms with Crippen molar-refractivity contribution in [3.05, 3.63) is 65.7 Å². The third-order valence-electron chi connectivity index (χ3n) is 3.50. The molecule has 0 spiro atoms. The zero-order chi connectivity index (χ0) is 15.8. The molecule has 1 amide bonds. The number of benzene rings is 2. The first-order chi connectivity index (χ1) is 10.7. The molecule has 0 aromatic heterocycles. The quantitative estimate of drug-likeness (QED) is 0.736. The van der Waals surface area contributed by atoms with Crippen LogP contribution in [-0.2, 0) is 0 Å². The van der Waals surface area contributed by atoms with E-state index < -0.39 is 0 Å². The molecule has 0 aliphatic rings. The van der Waals surface area contributed by atoms with Gasteiger partial charge >= 0.3 is 0 Å². The molecule has 0 saturated carbocycles. The molecule has 1 unspecified atom stereocenters. The summed E-state index contributed by atoms with van der Waals surface area (Å²) in [5, 5.41) is 14.8. The highest BCUT2D eigenvalue weighted by Gasteiger charge is 2.07. The summed E-state index contributed by atoms with van der Waals surface area (Å²) in [5.41, 5.74) is 2.79. The van der Waals surface area contributed by atoms with Crippen LogP contribution in [-0.4, -0.2) is 30.7 Å². The molecule has 4 heteroatoms. The van der Waals surface area contributed by atoms with E-state index >= 15 is 0 Å². The smallest absolute Gasteiger partial charge is 0.251 e. The third-order valence-corrected chi connectivity index (χ3v) is 3.50. The summed E-state index contributed by atoms with van der Waals surface area (Å²) in [4.78, 5) is 11.9. The monoisotopic (exact) mass is 298 g/mol. The Bertz CT molecular complexity index is 599. The van der Waals surface area contributed by atoms with Gasteiger partial charge in [-0.1, -0.05) is 43.3 Å². The van der Waals surface area contributed by atoms with Gasteiger partial charge in [0.2, 0.25) is 0 Å². The van der Waals surface area contributed by atoms with Crippen LogP contribution in [0.3, 0.4) is 0 Å². The summed E-state index contributed by atoms with van der Waals surface area (Å²) in [7, 11) is 0. The number of rotatable bonds is 7. The summed E-state index contributed by atoms with van der Waals surface area (Å²) in [6, 6.07) is 17.7. The summed E-state index contributed by atoms with van der Waals surface area (Å²) >= 11 is 0. The Morgan fingerprint density at radius 3 is 2.64 bits per heavy atom. The zero-order valence-corrected chi connectivity index (χ0v) is 12.8. The van der Waals surface area contributed by atoms with Crippen LogP contribution < -0.4 is 10.6 Å². The minimum Gasteiger partial charge on any atom is -0.395 e. The van der Waals surface area contributed by atoms with E-state index in [1.54, 1.807) is 6.07 Å². The molecule has 0 heterocycles. The van der Waals surface area contributed by atoms with Gasteiger partial charge in [0.15, 0.2) is 0 Å². The molecule has 0 fully saturated rings. The van der Waals surface area contributed by atoms with E-state index in [4.69, 9.17) is 5.11 Å². The van der Waals surface area contributed by atoms with E-state index in [1.807, 2.05) is 36.4 Å². The zero-order valence-electron chi connectivity index (χ0n) is 12.8. The average molecular weight is 298 g/mol. The number of carbonyl (C=O) groups is 1. The van der Waals surface area contributed by atoms with Gasteiger partial charge in [0.25, 0.3) is 5.91 Å². The number of aliphatic hydroxyl groups excluding tert-OH is 1. The predicted molar refractivity (Wildman–Crippen MR) is 89.2 cm³/mol. The van der Waals surface area contributed by atoms with Crippen LogP contribution in [0, 0.1) is 0 Å². The molecular formula is C18H22N2O2. The van der Waals surface area contributed by atoms with Crippen molar-refractivity contribution in [2.45, 2.75) is 12.8 Å². The van der Waals surface area contributed by atoms with E-state index in [1.165, 1.54) is 5.56 Å². The fourth-order valence-corrected chi connectivity index (χ4v) is 2.21. The normalized spacial score (nSPS) is 11.7. The Hall–Kier alpha value is -2.33. The van der Waals surface area contributed by atoms with Crippen molar-refractivity contribution in [1.82, 2.24) is 5.32 Å². The molecule has 116 valence electrons. The lowest BCUT2D eigenvalue weighted by Crippen LogP contribution is -2.26. The van der Waals surface area contributed by atoms with Crippen LogP contribution in [0.15, 0.2) is 54.6 Å². The first-order valence-electron chi connectivity index (χ1n) is 7.48. The van der Waals surface area contributed by atoms with E-state index in [2.05, 4.69) is 29.7 Å². The van der Waals surface area contributed by atoms with Gasteiger partial charge in [-0.05, 0) is 29.7 Å². The van der Waals surface area contributed by atoms with Gasteiger partial charge in [0, 0.05) is 24.3 Å². The second kappa shape index (κ2) is 8.20. The van der Waals surface area contributed by atoms with Gasteiger partial charge in [0.05, 0.1) is 6.61 Å². The first-order valence-corrected chi connectivity index (χ1v) is 7.48. The van der Waals surface area contributed by atoms with Crippen molar-refractivity contribution in [2.75, 3.05) is 25.0 Å². The van der Waals surface area contributed by atoms with Gasteiger partial charge < -0.3 is 15.7 Å². The second-order valence-corrected chi connectivity index (χ2v) is 5.25. The Labute approximate surface area is 131 Å². The van der Waals surface area contributed by atoms with E-state index in [-0.39, 0.29) is 19.1 Å². The van der Waals surface area contributed by atoms with Crippen molar-refractivity contribution in [3.63, 3.8) is 0 Å². The van der Waals surface area contributed by atoms with E-state index in [0.29, 0.717) is 11.5 Å². The van der Waals surface area contributed by atoms with Crippen molar-refractivity contribution in [1.29, 1.82) is 0 Å². The molecule has 2 rings (SSSR count). The molecule has 2 aromatic rings. The third kappa shape index (κ3) is 4.60. The summed E-state index contributed by atoms with van der Waals surface area (Å²) in [5.74, 6) is 0.210. The lowest BCUT2D eigenvalue weighted by Gasteiger charge is -2.14. The molecule has 3 N–H and O–H groups in total. The van der Waals surface area contributed by atoms with Gasteiger partial charge in [-0.2, -0.15) is 0 Å². The van der Waals surface area contributed by atoms with Crippen LogP contribution in [0.4, 0.5) is 5.69 Å². The minimum atomic E-state index is -0.172. The largest absolute Gasteiger partial charge is 0.395 e. The Morgan fingerprint density at radius 1 is 1.14 bits per heavy atom. The second-order valence-electron chi connectivity index (χ2n) is 5.25. The number of carbonyl (C=O) groups excluding carboxylic acids is 1. The van der Waals surface area contributed by atoms with Crippen molar-refractivity contribution >= 4 is 11.6 Å². The van der Waals surface area contributed by atoms with Crippen molar-refractivity contribution in [3.8, 4) is 0 Å². The maximum absolute atomic E-state index is 11.9. The molecule has 4 nitrogen and oxygen atoms in total. The molecule has 0 aliphatic carbocycles. The predicted octanol–water partition coefficient (Wildman–Crippen LogP) is 2.62. The molecular weight excluding hydrogens is 276 g/mol. The molecule has 0 radical (unpaired) electrons. The maximum Gasteiger partial charge on any atom is 0.251 e. The fraction of sp³-hybridized carbons (Fsp3) is 0.278. The number of aliphatic hydroxyl groups is 1. The molecule has 1 atom stereocenters. The standard InChI is InChI=1S/C18H22N2O2/c1-14(15-6-3-2-4-7-15)13-20-17-9-5-8-16(12-17)18(22)19-10-11-21/h2-9,12,14,20-21H,10-11,13H2,1H3,(H,19,22). The van der Waals surface area contributed by atoms with E-state index in [0.717, 1.165) is 12.2 Å². The topological polar surface area (TPSA) is 61.4 Å². The SMILES string of the molecule is CC(CNc1cccc(C(=O)NCCO)c1)c1ccccc1. The van der Waals surface area contributed by atoms with Gasteiger partial charge in [-0.3, -0.25) is 4.79 Å². The van der Waals surface area contributed by atoms with Gasteiger partial charge in [-0.25, -0.2) is 0 Å². The fourth-order valence-electron chi connectivity index (χ4n) is 2.21. The molecule has 0 saturated heterocycles. The average Bonchev–Trinajstić information content (AvgIpc) is 2.58. The van der Waals surface area contributed by atoms with Gasteiger partial charge in [0.1, 0.15) is 0 Å². The number of hydrogen-bond acceptors (Lipinski definition) is 3. The summed E-state index contributed by atoms with van der Waals surface area (Å²) in [6.45, 7) is 3.17. The number of nitrogens with one attached hydrogen (secondary N) is 2. The highest BCUT2D eigenvalue weighted by molar-refractivity contribution is 5.95. The molecule has 2 aromatic carbocycles. The molecule has 22 heavy (non-hydrogen) atoms. The maximum atomic E-state index is 11.9. The summed E-state index contributed by atoms with van der Waals surface area (Å²) in [6.07, 6.45) is 0. The van der Waals surface area contributed by atoms with Crippen LogP contribution in [0.5, 0.6) is 0 Å². The van der Waals surface area contributed by atoms with Crippen LogP contribution in [0.25, 0.3) is 0 Å².